The molecular formula is C21H26N2O4. The zero-order valence-electron chi connectivity index (χ0n) is 15.9. The number of hydrogen-bond acceptors (Lipinski definition) is 5. The third-order valence-corrected chi connectivity index (χ3v) is 6.71. The number of imide groups is 1. The Morgan fingerprint density at radius 1 is 1.15 bits per heavy atom. The SMILES string of the molecule is COC(=O)C[C@H](C1CCN(C)C2CCC2C1)N1C(=O)c2ccccc2C1=O. The van der Waals surface area contributed by atoms with Crippen LogP contribution in [0.5, 0.6) is 0 Å². The fourth-order valence-electron chi connectivity index (χ4n) is 5.03. The molecule has 6 heteroatoms. The first-order valence-electron chi connectivity index (χ1n) is 9.75. The number of carbonyl (C=O) groups is 3. The van der Waals surface area contributed by atoms with Crippen LogP contribution in [-0.2, 0) is 9.53 Å². The summed E-state index contributed by atoms with van der Waals surface area (Å²) in [5.74, 6) is -0.249. The molecule has 3 unspecified atom stereocenters. The van der Waals surface area contributed by atoms with E-state index in [0.29, 0.717) is 23.1 Å². The number of fused-ring (bicyclic) bond motifs is 2. The first-order chi connectivity index (χ1) is 13.0. The molecule has 4 atom stereocenters. The van der Waals surface area contributed by atoms with Crippen molar-refractivity contribution in [2.75, 3.05) is 20.7 Å². The second kappa shape index (κ2) is 7.08. The summed E-state index contributed by atoms with van der Waals surface area (Å²) >= 11 is 0. The number of rotatable bonds is 4. The van der Waals surface area contributed by atoms with Crippen LogP contribution in [0.1, 0.15) is 52.8 Å². The fourth-order valence-corrected chi connectivity index (χ4v) is 5.03. The molecular weight excluding hydrogens is 344 g/mol. The van der Waals surface area contributed by atoms with Crippen molar-refractivity contribution in [1.82, 2.24) is 9.80 Å². The summed E-state index contributed by atoms with van der Waals surface area (Å²) in [5, 5.41) is 0. The molecule has 0 aromatic heterocycles. The largest absolute Gasteiger partial charge is 0.469 e. The lowest BCUT2D eigenvalue weighted by atomic mass is 9.73. The molecule has 2 fully saturated rings. The number of methoxy groups -OCH3 is 1. The quantitative estimate of drug-likeness (QED) is 0.601. The minimum atomic E-state index is -0.447. The molecule has 1 aliphatic carbocycles. The van der Waals surface area contributed by atoms with Gasteiger partial charge in [-0.1, -0.05) is 12.1 Å². The molecule has 0 bridgehead atoms. The van der Waals surface area contributed by atoms with Crippen LogP contribution < -0.4 is 0 Å². The van der Waals surface area contributed by atoms with Gasteiger partial charge >= 0.3 is 5.97 Å². The Bertz CT molecular complexity index is 742. The topological polar surface area (TPSA) is 66.9 Å². The van der Waals surface area contributed by atoms with E-state index in [1.807, 2.05) is 0 Å². The summed E-state index contributed by atoms with van der Waals surface area (Å²) in [6, 6.07) is 7.06. The average Bonchev–Trinajstić information content (AvgIpc) is 2.83. The van der Waals surface area contributed by atoms with Gasteiger partial charge in [0, 0.05) is 6.04 Å². The van der Waals surface area contributed by atoms with Crippen molar-refractivity contribution < 1.29 is 19.1 Å². The first kappa shape index (κ1) is 18.2. The lowest BCUT2D eigenvalue weighted by Crippen LogP contribution is -2.47. The second-order valence-electron chi connectivity index (χ2n) is 8.04. The number of likely N-dealkylation sites (tertiary alicyclic amines) is 1. The van der Waals surface area contributed by atoms with Gasteiger partial charge in [-0.25, -0.2) is 0 Å². The van der Waals surface area contributed by atoms with Crippen LogP contribution in [0, 0.1) is 11.8 Å². The Morgan fingerprint density at radius 2 is 1.81 bits per heavy atom. The van der Waals surface area contributed by atoms with E-state index in [1.165, 1.54) is 24.9 Å². The highest BCUT2D eigenvalue weighted by Gasteiger charge is 2.46. The number of hydrogen-bond donors (Lipinski definition) is 0. The highest BCUT2D eigenvalue weighted by molar-refractivity contribution is 6.21. The van der Waals surface area contributed by atoms with Crippen LogP contribution in [0.4, 0.5) is 0 Å². The van der Waals surface area contributed by atoms with E-state index in [1.54, 1.807) is 24.3 Å². The normalized spacial score (nSPS) is 28.8. The molecule has 144 valence electrons. The molecule has 1 saturated carbocycles. The van der Waals surface area contributed by atoms with Crippen molar-refractivity contribution in [3.8, 4) is 0 Å². The van der Waals surface area contributed by atoms with Crippen molar-refractivity contribution >= 4 is 17.8 Å². The van der Waals surface area contributed by atoms with Gasteiger partial charge in [0.15, 0.2) is 0 Å². The van der Waals surface area contributed by atoms with Crippen LogP contribution in [-0.4, -0.2) is 60.4 Å². The first-order valence-corrected chi connectivity index (χ1v) is 9.75. The maximum Gasteiger partial charge on any atom is 0.307 e. The van der Waals surface area contributed by atoms with E-state index in [4.69, 9.17) is 4.74 Å². The third kappa shape index (κ3) is 3.06. The van der Waals surface area contributed by atoms with Gasteiger partial charge in [-0.05, 0) is 63.2 Å². The molecule has 1 aromatic rings. The van der Waals surface area contributed by atoms with E-state index < -0.39 is 6.04 Å². The van der Waals surface area contributed by atoms with Gasteiger partial charge in [0.05, 0.1) is 30.7 Å². The van der Waals surface area contributed by atoms with Crippen LogP contribution in [0.15, 0.2) is 24.3 Å². The Hall–Kier alpha value is -2.21. The van der Waals surface area contributed by atoms with Crippen LogP contribution in [0.2, 0.25) is 0 Å². The molecule has 27 heavy (non-hydrogen) atoms. The summed E-state index contributed by atoms with van der Waals surface area (Å²) < 4.78 is 4.89. The standard InChI is InChI=1S/C21H26N2O4/c1-22-10-9-14(11-13-7-8-17(13)22)18(12-19(24)27-2)23-20(25)15-5-3-4-6-16(15)21(23)26/h3-6,13-14,17-18H,7-12H2,1-2H3/t13?,14?,17?,18-/m1/s1. The van der Waals surface area contributed by atoms with Gasteiger partial charge in [0.1, 0.15) is 0 Å². The summed E-state index contributed by atoms with van der Waals surface area (Å²) in [6.45, 7) is 0.923. The lowest BCUT2D eigenvalue weighted by Gasteiger charge is -2.42. The van der Waals surface area contributed by atoms with Gasteiger partial charge < -0.3 is 9.64 Å². The highest BCUT2D eigenvalue weighted by Crippen LogP contribution is 2.42. The van der Waals surface area contributed by atoms with Gasteiger partial charge in [-0.3, -0.25) is 19.3 Å². The molecule has 3 aliphatic rings. The maximum absolute atomic E-state index is 13.0. The minimum Gasteiger partial charge on any atom is -0.469 e. The van der Waals surface area contributed by atoms with Crippen LogP contribution >= 0.6 is 0 Å². The highest BCUT2D eigenvalue weighted by atomic mass is 16.5. The van der Waals surface area contributed by atoms with Crippen molar-refractivity contribution in [3.63, 3.8) is 0 Å². The van der Waals surface area contributed by atoms with Gasteiger partial charge in [-0.15, -0.1) is 0 Å². The molecule has 2 heterocycles. The molecule has 6 nitrogen and oxygen atoms in total. The predicted molar refractivity (Wildman–Crippen MR) is 99.2 cm³/mol. The Kier molecular flexibility index (Phi) is 4.76. The molecule has 0 spiro atoms. The zero-order chi connectivity index (χ0) is 19.1. The number of esters is 1. The van der Waals surface area contributed by atoms with E-state index in [-0.39, 0.29) is 30.1 Å². The second-order valence-corrected chi connectivity index (χ2v) is 8.04. The molecule has 2 amide bonds. The Balaban J connectivity index is 1.65. The van der Waals surface area contributed by atoms with Crippen molar-refractivity contribution in [1.29, 1.82) is 0 Å². The average molecular weight is 370 g/mol. The van der Waals surface area contributed by atoms with Crippen molar-refractivity contribution in [2.24, 2.45) is 11.8 Å². The van der Waals surface area contributed by atoms with Crippen molar-refractivity contribution in [2.45, 2.75) is 44.2 Å². The molecule has 0 radical (unpaired) electrons. The molecule has 0 N–H and O–H groups in total. The van der Waals surface area contributed by atoms with Gasteiger partial charge in [0.2, 0.25) is 0 Å². The summed E-state index contributed by atoms with van der Waals surface area (Å²) in [5.41, 5.74) is 0.870. The number of nitrogens with zero attached hydrogens (tertiary/aromatic N) is 2. The summed E-state index contributed by atoms with van der Waals surface area (Å²) in [6.07, 6.45) is 4.28. The Labute approximate surface area is 159 Å². The number of amides is 2. The van der Waals surface area contributed by atoms with E-state index in [2.05, 4.69) is 11.9 Å². The smallest absolute Gasteiger partial charge is 0.307 e. The fraction of sp³-hybridized carbons (Fsp3) is 0.571. The number of carbonyl (C=O) groups excluding carboxylic acids is 3. The number of benzene rings is 1. The monoisotopic (exact) mass is 370 g/mol. The molecule has 1 aromatic carbocycles. The van der Waals surface area contributed by atoms with Crippen LogP contribution in [0.25, 0.3) is 0 Å². The predicted octanol–water partition coefficient (Wildman–Crippen LogP) is 2.33. The van der Waals surface area contributed by atoms with E-state index >= 15 is 0 Å². The van der Waals surface area contributed by atoms with Gasteiger partial charge in [0.25, 0.3) is 11.8 Å². The van der Waals surface area contributed by atoms with Crippen LogP contribution in [0.3, 0.4) is 0 Å². The zero-order valence-corrected chi connectivity index (χ0v) is 15.9. The lowest BCUT2D eigenvalue weighted by molar-refractivity contribution is -0.142. The Morgan fingerprint density at radius 3 is 2.37 bits per heavy atom. The summed E-state index contributed by atoms with van der Waals surface area (Å²) in [4.78, 5) is 41.9. The molecule has 1 saturated heterocycles. The van der Waals surface area contributed by atoms with Gasteiger partial charge in [-0.2, -0.15) is 0 Å². The number of ether oxygens (including phenoxy) is 1. The third-order valence-electron chi connectivity index (χ3n) is 6.71. The minimum absolute atomic E-state index is 0.0632. The maximum atomic E-state index is 13.0. The molecule has 2 aliphatic heterocycles. The van der Waals surface area contributed by atoms with E-state index in [9.17, 15) is 14.4 Å². The molecule has 4 rings (SSSR count). The van der Waals surface area contributed by atoms with E-state index in [0.717, 1.165) is 19.4 Å². The summed E-state index contributed by atoms with van der Waals surface area (Å²) in [7, 11) is 3.50. The van der Waals surface area contributed by atoms with Crippen molar-refractivity contribution in [3.05, 3.63) is 35.4 Å².